The van der Waals surface area contributed by atoms with E-state index in [0.717, 1.165) is 6.54 Å². The minimum absolute atomic E-state index is 0.0672. The number of halogens is 1. The van der Waals surface area contributed by atoms with Crippen LogP contribution in [0.1, 0.15) is 42.5 Å². The second kappa shape index (κ2) is 6.10. The fourth-order valence-corrected chi connectivity index (χ4v) is 2.58. The highest BCUT2D eigenvalue weighted by molar-refractivity contribution is 6.33. The van der Waals surface area contributed by atoms with Crippen LogP contribution in [0.2, 0.25) is 5.02 Å². The van der Waals surface area contributed by atoms with Gasteiger partial charge in [-0.1, -0.05) is 30.9 Å². The molecule has 1 aliphatic carbocycles. The molecule has 0 heterocycles. The normalized spacial score (nSPS) is 16.5. The minimum Gasteiger partial charge on any atom is -0.398 e. The summed E-state index contributed by atoms with van der Waals surface area (Å²) in [4.78, 5) is 11.9. The summed E-state index contributed by atoms with van der Waals surface area (Å²) in [6.45, 7) is 0.765. The predicted molar refractivity (Wildman–Crippen MR) is 74.8 cm³/mol. The summed E-state index contributed by atoms with van der Waals surface area (Å²) in [5.74, 6) is 0.564. The van der Waals surface area contributed by atoms with E-state index in [1.807, 2.05) is 0 Å². The zero-order valence-electron chi connectivity index (χ0n) is 10.4. The van der Waals surface area contributed by atoms with Crippen LogP contribution in [0, 0.1) is 5.92 Å². The Labute approximate surface area is 113 Å². The van der Waals surface area contributed by atoms with Gasteiger partial charge in [-0.3, -0.25) is 4.79 Å². The fraction of sp³-hybridized carbons (Fsp3) is 0.500. The maximum Gasteiger partial charge on any atom is 0.251 e. The Morgan fingerprint density at radius 1 is 1.33 bits per heavy atom. The molecule has 0 saturated heterocycles. The lowest BCUT2D eigenvalue weighted by Gasteiger charge is -2.21. The Bertz CT molecular complexity index is 428. The van der Waals surface area contributed by atoms with Gasteiger partial charge in [0.25, 0.3) is 5.91 Å². The van der Waals surface area contributed by atoms with Gasteiger partial charge in [0, 0.05) is 12.1 Å². The predicted octanol–water partition coefficient (Wildman–Crippen LogP) is 3.23. The van der Waals surface area contributed by atoms with Crippen molar-refractivity contribution in [3.8, 4) is 0 Å². The Balaban J connectivity index is 1.88. The molecule has 1 aromatic carbocycles. The molecule has 0 spiro atoms. The summed E-state index contributed by atoms with van der Waals surface area (Å²) in [6, 6.07) is 4.99. The highest BCUT2D eigenvalue weighted by Crippen LogP contribution is 2.23. The Morgan fingerprint density at radius 2 is 2.06 bits per heavy atom. The van der Waals surface area contributed by atoms with Crippen LogP contribution in [0.3, 0.4) is 0 Å². The van der Waals surface area contributed by atoms with Gasteiger partial charge in [0.1, 0.15) is 0 Å². The number of nitrogens with one attached hydrogen (secondary N) is 1. The molecule has 3 N–H and O–H groups in total. The topological polar surface area (TPSA) is 55.1 Å². The molecule has 0 atom stereocenters. The van der Waals surface area contributed by atoms with Crippen molar-refractivity contribution in [2.24, 2.45) is 5.92 Å². The van der Waals surface area contributed by atoms with Crippen molar-refractivity contribution in [1.82, 2.24) is 5.32 Å². The number of carbonyl (C=O) groups is 1. The average molecular weight is 267 g/mol. The van der Waals surface area contributed by atoms with E-state index in [-0.39, 0.29) is 5.91 Å². The molecule has 0 aliphatic heterocycles. The minimum atomic E-state index is -0.0672. The first-order valence-corrected chi connectivity index (χ1v) is 6.88. The lowest BCUT2D eigenvalue weighted by Crippen LogP contribution is -2.30. The first-order chi connectivity index (χ1) is 8.66. The number of nitrogens with two attached hydrogens (primary N) is 1. The maximum absolute atomic E-state index is 11.9. The molecule has 4 heteroatoms. The molecule has 0 radical (unpaired) electrons. The van der Waals surface area contributed by atoms with Crippen LogP contribution in [0.15, 0.2) is 18.2 Å². The largest absolute Gasteiger partial charge is 0.398 e. The summed E-state index contributed by atoms with van der Waals surface area (Å²) < 4.78 is 0. The molecule has 1 saturated carbocycles. The summed E-state index contributed by atoms with van der Waals surface area (Å²) >= 11 is 5.90. The quantitative estimate of drug-likeness (QED) is 0.826. The molecule has 0 aromatic heterocycles. The maximum atomic E-state index is 11.9. The number of hydrogen-bond donors (Lipinski definition) is 2. The second-order valence-electron chi connectivity index (χ2n) is 4.95. The first-order valence-electron chi connectivity index (χ1n) is 6.50. The molecule has 98 valence electrons. The Hall–Kier alpha value is -1.22. The summed E-state index contributed by atoms with van der Waals surface area (Å²) in [6.07, 6.45) is 6.35. The Morgan fingerprint density at radius 3 is 2.72 bits per heavy atom. The molecule has 0 bridgehead atoms. The van der Waals surface area contributed by atoms with Gasteiger partial charge < -0.3 is 11.1 Å². The zero-order chi connectivity index (χ0) is 13.0. The van der Waals surface area contributed by atoms with Gasteiger partial charge in [0.15, 0.2) is 0 Å². The summed E-state index contributed by atoms with van der Waals surface area (Å²) in [5, 5.41) is 3.41. The first kappa shape index (κ1) is 13.2. The number of amides is 1. The van der Waals surface area contributed by atoms with Crippen LogP contribution in [-0.2, 0) is 0 Å². The number of anilines is 1. The lowest BCUT2D eigenvalue weighted by molar-refractivity contribution is 0.0943. The van der Waals surface area contributed by atoms with Crippen molar-refractivity contribution in [2.75, 3.05) is 12.3 Å². The molecule has 3 nitrogen and oxygen atoms in total. The van der Waals surface area contributed by atoms with Gasteiger partial charge in [-0.05, 0) is 37.0 Å². The van der Waals surface area contributed by atoms with Gasteiger partial charge in [-0.2, -0.15) is 0 Å². The highest BCUT2D eigenvalue weighted by Gasteiger charge is 2.15. The molecule has 1 aliphatic rings. The van der Waals surface area contributed by atoms with E-state index in [1.54, 1.807) is 18.2 Å². The third kappa shape index (κ3) is 3.39. The monoisotopic (exact) mass is 266 g/mol. The number of benzene rings is 1. The van der Waals surface area contributed by atoms with Crippen molar-refractivity contribution < 1.29 is 4.79 Å². The van der Waals surface area contributed by atoms with Crippen LogP contribution in [0.5, 0.6) is 0 Å². The van der Waals surface area contributed by atoms with E-state index in [4.69, 9.17) is 17.3 Å². The molecule has 1 amide bonds. The summed E-state index contributed by atoms with van der Waals surface area (Å²) in [7, 11) is 0. The smallest absolute Gasteiger partial charge is 0.251 e. The van der Waals surface area contributed by atoms with Crippen LogP contribution < -0.4 is 11.1 Å². The number of carbonyl (C=O) groups excluding carboxylic acids is 1. The van der Waals surface area contributed by atoms with Gasteiger partial charge in [0.2, 0.25) is 0 Å². The van der Waals surface area contributed by atoms with E-state index in [1.165, 1.54) is 32.1 Å². The summed E-state index contributed by atoms with van der Waals surface area (Å²) in [5.41, 5.74) is 6.69. The SMILES string of the molecule is Nc1ccc(C(=O)NCC2CCCCC2)cc1Cl. The van der Waals surface area contributed by atoms with Crippen LogP contribution >= 0.6 is 11.6 Å². The second-order valence-corrected chi connectivity index (χ2v) is 5.36. The van der Waals surface area contributed by atoms with Crippen molar-refractivity contribution in [1.29, 1.82) is 0 Å². The third-order valence-electron chi connectivity index (χ3n) is 3.54. The number of hydrogen-bond acceptors (Lipinski definition) is 2. The molecule has 18 heavy (non-hydrogen) atoms. The fourth-order valence-electron chi connectivity index (χ4n) is 2.40. The van der Waals surface area contributed by atoms with Crippen molar-refractivity contribution >= 4 is 23.2 Å². The van der Waals surface area contributed by atoms with Gasteiger partial charge in [-0.25, -0.2) is 0 Å². The van der Waals surface area contributed by atoms with Crippen molar-refractivity contribution in [3.63, 3.8) is 0 Å². The Kier molecular flexibility index (Phi) is 4.48. The molecule has 2 rings (SSSR count). The van der Waals surface area contributed by atoms with Gasteiger partial charge in [-0.15, -0.1) is 0 Å². The van der Waals surface area contributed by atoms with Crippen molar-refractivity contribution in [2.45, 2.75) is 32.1 Å². The zero-order valence-corrected chi connectivity index (χ0v) is 11.2. The van der Waals surface area contributed by atoms with Gasteiger partial charge >= 0.3 is 0 Å². The van der Waals surface area contributed by atoms with E-state index < -0.39 is 0 Å². The van der Waals surface area contributed by atoms with E-state index in [2.05, 4.69) is 5.32 Å². The van der Waals surface area contributed by atoms with Crippen LogP contribution in [0.4, 0.5) is 5.69 Å². The van der Waals surface area contributed by atoms with E-state index >= 15 is 0 Å². The molecular formula is C14H19ClN2O. The van der Waals surface area contributed by atoms with Crippen LogP contribution in [0.25, 0.3) is 0 Å². The average Bonchev–Trinajstić information content (AvgIpc) is 2.40. The molecule has 0 unspecified atom stereocenters. The molecule has 1 fully saturated rings. The van der Waals surface area contributed by atoms with E-state index in [9.17, 15) is 4.79 Å². The molecular weight excluding hydrogens is 248 g/mol. The number of nitrogen functional groups attached to an aromatic ring is 1. The highest BCUT2D eigenvalue weighted by atomic mass is 35.5. The molecule has 1 aromatic rings. The van der Waals surface area contributed by atoms with E-state index in [0.29, 0.717) is 22.2 Å². The third-order valence-corrected chi connectivity index (χ3v) is 3.87. The number of rotatable bonds is 3. The van der Waals surface area contributed by atoms with Crippen LogP contribution in [-0.4, -0.2) is 12.5 Å². The standard InChI is InChI=1S/C14H19ClN2O/c15-12-8-11(6-7-13(12)16)14(18)17-9-10-4-2-1-3-5-10/h6-8,10H,1-5,9,16H2,(H,17,18). The van der Waals surface area contributed by atoms with Crippen molar-refractivity contribution in [3.05, 3.63) is 28.8 Å². The van der Waals surface area contributed by atoms with Gasteiger partial charge in [0.05, 0.1) is 10.7 Å². The lowest BCUT2D eigenvalue weighted by atomic mass is 9.89.